The van der Waals surface area contributed by atoms with Gasteiger partial charge < -0.3 is 4.74 Å². The topological polar surface area (TPSA) is 33.0 Å². The Morgan fingerprint density at radius 2 is 2.12 bits per heavy atom. The molecule has 0 atom stereocenters. The molecule has 0 amide bonds. The third-order valence-corrected chi connectivity index (χ3v) is 3.44. The highest BCUT2D eigenvalue weighted by molar-refractivity contribution is 14.1. The average molecular weight is 337 g/mol. The predicted octanol–water partition coefficient (Wildman–Crippen LogP) is 4.13. The van der Waals surface area contributed by atoms with Crippen LogP contribution in [0.1, 0.15) is 12.8 Å². The van der Waals surface area contributed by atoms with Gasteiger partial charge >= 0.3 is 0 Å². The molecule has 0 aliphatic carbocycles. The van der Waals surface area contributed by atoms with Crippen LogP contribution in [-0.4, -0.2) is 6.61 Å². The van der Waals surface area contributed by atoms with Crippen LogP contribution in [0.3, 0.4) is 0 Å². The smallest absolute Gasteiger partial charge is 0.119 e. The molecular formula is C14H12INO. The minimum atomic E-state index is 0.547. The minimum absolute atomic E-state index is 0.547. The van der Waals surface area contributed by atoms with E-state index in [9.17, 15) is 0 Å². The molecule has 2 rings (SSSR count). The zero-order valence-electron chi connectivity index (χ0n) is 9.32. The Morgan fingerprint density at radius 3 is 2.94 bits per heavy atom. The van der Waals surface area contributed by atoms with E-state index in [1.807, 2.05) is 18.2 Å². The fraction of sp³-hybridized carbons (Fsp3) is 0.214. The van der Waals surface area contributed by atoms with Crippen molar-refractivity contribution in [3.8, 4) is 11.8 Å². The molecule has 0 aliphatic rings. The lowest BCUT2D eigenvalue weighted by Crippen LogP contribution is -1.96. The van der Waals surface area contributed by atoms with Crippen molar-refractivity contribution in [1.29, 1.82) is 5.26 Å². The maximum atomic E-state index is 8.43. The van der Waals surface area contributed by atoms with Gasteiger partial charge in [-0.15, -0.1) is 0 Å². The van der Waals surface area contributed by atoms with E-state index < -0.39 is 0 Å². The van der Waals surface area contributed by atoms with Gasteiger partial charge in [-0.2, -0.15) is 5.26 Å². The van der Waals surface area contributed by atoms with Crippen LogP contribution >= 0.6 is 22.6 Å². The second kappa shape index (κ2) is 5.87. The van der Waals surface area contributed by atoms with Crippen molar-refractivity contribution in [3.63, 3.8) is 0 Å². The molecule has 0 aromatic heterocycles. The molecule has 0 spiro atoms. The molecule has 0 radical (unpaired) electrons. The van der Waals surface area contributed by atoms with Gasteiger partial charge in [0, 0.05) is 9.99 Å². The summed E-state index contributed by atoms with van der Waals surface area (Å²) in [5.41, 5.74) is 0. The molecule has 0 aliphatic heterocycles. The van der Waals surface area contributed by atoms with E-state index in [1.165, 1.54) is 14.3 Å². The number of hydrogen-bond acceptors (Lipinski definition) is 2. The lowest BCUT2D eigenvalue weighted by atomic mass is 10.1. The lowest BCUT2D eigenvalue weighted by Gasteiger charge is -2.07. The van der Waals surface area contributed by atoms with Crippen molar-refractivity contribution in [2.24, 2.45) is 0 Å². The van der Waals surface area contributed by atoms with Crippen LogP contribution in [0.2, 0.25) is 0 Å². The summed E-state index contributed by atoms with van der Waals surface area (Å²) in [7, 11) is 0. The molecule has 2 nitrogen and oxygen atoms in total. The highest BCUT2D eigenvalue weighted by Gasteiger charge is 2.00. The Morgan fingerprint density at radius 1 is 1.24 bits per heavy atom. The highest BCUT2D eigenvalue weighted by atomic mass is 127. The molecule has 0 fully saturated rings. The van der Waals surface area contributed by atoms with Crippen LogP contribution in [0, 0.1) is 14.9 Å². The van der Waals surface area contributed by atoms with E-state index in [2.05, 4.69) is 46.9 Å². The first kappa shape index (κ1) is 12.2. The summed E-state index contributed by atoms with van der Waals surface area (Å²) in [5, 5.41) is 10.9. The molecule has 2 aromatic carbocycles. The maximum Gasteiger partial charge on any atom is 0.119 e. The summed E-state index contributed by atoms with van der Waals surface area (Å²) >= 11 is 2.33. The third-order valence-electron chi connectivity index (χ3n) is 2.50. The van der Waals surface area contributed by atoms with Crippen molar-refractivity contribution in [1.82, 2.24) is 0 Å². The number of ether oxygens (including phenoxy) is 1. The third kappa shape index (κ3) is 3.10. The van der Waals surface area contributed by atoms with Crippen molar-refractivity contribution in [2.45, 2.75) is 12.8 Å². The normalized spacial score (nSPS) is 10.1. The predicted molar refractivity (Wildman–Crippen MR) is 77.0 cm³/mol. The Labute approximate surface area is 114 Å². The molecule has 0 heterocycles. The molecule has 0 saturated heterocycles. The van der Waals surface area contributed by atoms with Crippen LogP contribution in [0.25, 0.3) is 10.8 Å². The van der Waals surface area contributed by atoms with E-state index in [0.29, 0.717) is 13.0 Å². The lowest BCUT2D eigenvalue weighted by molar-refractivity contribution is 0.313. The first-order valence-corrected chi connectivity index (χ1v) is 6.57. The van der Waals surface area contributed by atoms with E-state index in [-0.39, 0.29) is 0 Å². The van der Waals surface area contributed by atoms with Gasteiger partial charge in [0.15, 0.2) is 0 Å². The van der Waals surface area contributed by atoms with E-state index in [0.717, 1.165) is 12.2 Å². The van der Waals surface area contributed by atoms with Gasteiger partial charge in [-0.3, -0.25) is 0 Å². The summed E-state index contributed by atoms with van der Waals surface area (Å²) < 4.78 is 6.85. The number of fused-ring (bicyclic) bond motifs is 1. The van der Waals surface area contributed by atoms with Gasteiger partial charge in [-0.25, -0.2) is 0 Å². The van der Waals surface area contributed by atoms with Crippen LogP contribution in [0.4, 0.5) is 0 Å². The standard InChI is InChI=1S/C14H12INO/c15-14-5-3-4-11-10-12(6-7-13(11)14)17-9-2-1-8-16/h3-7,10H,1-2,9H2. The molecule has 0 unspecified atom stereocenters. The Kier molecular flexibility index (Phi) is 4.21. The van der Waals surface area contributed by atoms with Crippen molar-refractivity contribution in [3.05, 3.63) is 40.0 Å². The number of benzene rings is 2. The van der Waals surface area contributed by atoms with Crippen molar-refractivity contribution in [2.75, 3.05) is 6.61 Å². The van der Waals surface area contributed by atoms with Crippen LogP contribution in [0.5, 0.6) is 5.75 Å². The molecule has 0 saturated carbocycles. The second-order valence-electron chi connectivity index (χ2n) is 3.73. The first-order valence-electron chi connectivity index (χ1n) is 5.49. The molecule has 0 bridgehead atoms. The average Bonchev–Trinajstić information content (AvgIpc) is 2.35. The number of hydrogen-bond donors (Lipinski definition) is 0. The molecule has 86 valence electrons. The maximum absolute atomic E-state index is 8.43. The summed E-state index contributed by atoms with van der Waals surface area (Å²) in [6.45, 7) is 0.600. The van der Waals surface area contributed by atoms with Gasteiger partial charge in [0.25, 0.3) is 0 Å². The number of rotatable bonds is 4. The minimum Gasteiger partial charge on any atom is -0.494 e. The van der Waals surface area contributed by atoms with E-state index in [1.54, 1.807) is 0 Å². The van der Waals surface area contributed by atoms with Gasteiger partial charge in [0.05, 0.1) is 12.7 Å². The number of halogens is 1. The summed E-state index contributed by atoms with van der Waals surface area (Å²) in [4.78, 5) is 0. The monoisotopic (exact) mass is 337 g/mol. The summed E-state index contributed by atoms with van der Waals surface area (Å²) in [5.74, 6) is 0.873. The largest absolute Gasteiger partial charge is 0.494 e. The SMILES string of the molecule is N#CCCCOc1ccc2c(I)cccc2c1. The van der Waals surface area contributed by atoms with E-state index >= 15 is 0 Å². The Balaban J connectivity index is 2.13. The van der Waals surface area contributed by atoms with Crippen molar-refractivity contribution >= 4 is 33.4 Å². The highest BCUT2D eigenvalue weighted by Crippen LogP contribution is 2.24. The fourth-order valence-electron chi connectivity index (χ4n) is 1.65. The fourth-order valence-corrected chi connectivity index (χ4v) is 2.35. The van der Waals surface area contributed by atoms with Crippen LogP contribution in [-0.2, 0) is 0 Å². The van der Waals surface area contributed by atoms with E-state index in [4.69, 9.17) is 10.00 Å². The number of unbranched alkanes of at least 4 members (excludes halogenated alkanes) is 1. The van der Waals surface area contributed by atoms with Crippen LogP contribution in [0.15, 0.2) is 36.4 Å². The molecule has 0 N–H and O–H groups in total. The molecular weight excluding hydrogens is 325 g/mol. The summed E-state index contributed by atoms with van der Waals surface area (Å²) in [6.07, 6.45) is 1.33. The summed E-state index contributed by atoms with van der Waals surface area (Å²) in [6, 6.07) is 14.4. The first-order chi connectivity index (χ1) is 8.31. The van der Waals surface area contributed by atoms with Gasteiger partial charge in [-0.1, -0.05) is 12.1 Å². The Bertz CT molecular complexity index is 560. The van der Waals surface area contributed by atoms with Gasteiger partial charge in [-0.05, 0) is 64.0 Å². The van der Waals surface area contributed by atoms with Gasteiger partial charge in [0.2, 0.25) is 0 Å². The quantitative estimate of drug-likeness (QED) is 0.621. The van der Waals surface area contributed by atoms with Crippen molar-refractivity contribution < 1.29 is 4.74 Å². The zero-order chi connectivity index (χ0) is 12.1. The molecule has 3 heteroatoms. The Hall–Kier alpha value is -1.28. The van der Waals surface area contributed by atoms with Gasteiger partial charge in [0.1, 0.15) is 5.75 Å². The molecule has 17 heavy (non-hydrogen) atoms. The molecule has 2 aromatic rings. The van der Waals surface area contributed by atoms with Crippen LogP contribution < -0.4 is 4.74 Å². The number of nitrogens with zero attached hydrogens (tertiary/aromatic N) is 1. The second-order valence-corrected chi connectivity index (χ2v) is 4.90. The number of nitriles is 1. The zero-order valence-corrected chi connectivity index (χ0v) is 11.5.